The van der Waals surface area contributed by atoms with Crippen molar-refractivity contribution < 1.29 is 28.8 Å². The number of hydrogen-bond donors (Lipinski definition) is 4. The number of halogens is 2. The van der Waals surface area contributed by atoms with Gasteiger partial charge in [-0.25, -0.2) is 4.79 Å². The van der Waals surface area contributed by atoms with Gasteiger partial charge in [-0.2, -0.15) is 0 Å². The molecule has 5 N–H and O–H groups in total. The average molecular weight is 418 g/mol. The van der Waals surface area contributed by atoms with Gasteiger partial charge in [0.15, 0.2) is 6.23 Å². The Labute approximate surface area is 149 Å². The molecule has 0 aliphatic carbocycles. The number of ether oxygens (including phenoxy) is 1. The van der Waals surface area contributed by atoms with Gasteiger partial charge in [0.25, 0.3) is 5.56 Å². The summed E-state index contributed by atoms with van der Waals surface area (Å²) in [4.78, 5) is 36.5. The van der Waals surface area contributed by atoms with E-state index in [0.717, 1.165) is 10.8 Å². The lowest BCUT2D eigenvalue weighted by Gasteiger charge is -2.17. The second-order valence-corrected chi connectivity index (χ2v) is 9.50. The summed E-state index contributed by atoms with van der Waals surface area (Å²) < 4.78 is 21.8. The van der Waals surface area contributed by atoms with E-state index in [9.17, 15) is 29.2 Å². The lowest BCUT2D eigenvalue weighted by atomic mass is 10.1. The van der Waals surface area contributed by atoms with Crippen LogP contribution in [0.15, 0.2) is 15.8 Å². The molecule has 140 valence electrons. The highest BCUT2D eigenvalue weighted by Gasteiger charge is 2.45. The van der Waals surface area contributed by atoms with Crippen LogP contribution in [0.2, 0.25) is 0 Å². The van der Waals surface area contributed by atoms with Crippen molar-refractivity contribution in [1.82, 2.24) is 9.55 Å². The maximum Gasteiger partial charge on any atom is 0.380 e. The van der Waals surface area contributed by atoms with Gasteiger partial charge in [0.1, 0.15) is 18.3 Å². The fraction of sp³-hybridized carbons (Fsp3) is 0.545. The minimum atomic E-state index is -3.89. The van der Waals surface area contributed by atoms with Crippen molar-refractivity contribution in [1.29, 1.82) is 0 Å². The molecule has 25 heavy (non-hydrogen) atoms. The summed E-state index contributed by atoms with van der Waals surface area (Å²) >= 11 is 10.4. The molecular formula is C11H14Cl2N3O8P. The van der Waals surface area contributed by atoms with Crippen molar-refractivity contribution in [2.24, 2.45) is 5.73 Å². The zero-order valence-corrected chi connectivity index (χ0v) is 14.8. The zero-order valence-electron chi connectivity index (χ0n) is 12.4. The molecule has 2 heterocycles. The first-order valence-corrected chi connectivity index (χ1v) is 10.2. The predicted octanol–water partition coefficient (Wildman–Crippen LogP) is -1.21. The van der Waals surface area contributed by atoms with E-state index in [2.05, 4.69) is 4.52 Å². The molecule has 14 heteroatoms. The standard InChI is InChI=1S/C11H14Cl2N3O8P/c12-25(13,22)23-3-5-7(18)8(19)10(24-5)16-2-4(1-6(14)17)9(20)15-11(16)21/h2,5,7-8,10,18-19H,1,3H2,(H2,14,17)(H,15,20,21)/t5-,7?,8?,10-/m1/s1. The van der Waals surface area contributed by atoms with E-state index in [1.165, 1.54) is 0 Å². The molecule has 2 unspecified atom stereocenters. The number of aliphatic hydroxyl groups excluding tert-OH is 2. The van der Waals surface area contributed by atoms with Gasteiger partial charge in [0, 0.05) is 11.8 Å². The van der Waals surface area contributed by atoms with E-state index < -0.39 is 60.8 Å². The Kier molecular flexibility index (Phi) is 6.10. The van der Waals surface area contributed by atoms with Gasteiger partial charge in [0.05, 0.1) is 13.0 Å². The summed E-state index contributed by atoms with van der Waals surface area (Å²) in [5.41, 5.74) is 3.11. The monoisotopic (exact) mass is 417 g/mol. The van der Waals surface area contributed by atoms with Gasteiger partial charge < -0.3 is 25.2 Å². The molecule has 1 aliphatic rings. The first-order valence-electron chi connectivity index (χ1n) is 6.77. The molecule has 2 rings (SSSR count). The van der Waals surface area contributed by atoms with E-state index in [1.54, 1.807) is 0 Å². The minimum Gasteiger partial charge on any atom is -0.387 e. The van der Waals surface area contributed by atoms with Gasteiger partial charge >= 0.3 is 11.8 Å². The van der Waals surface area contributed by atoms with Crippen molar-refractivity contribution in [3.8, 4) is 0 Å². The Balaban J connectivity index is 2.29. The van der Waals surface area contributed by atoms with E-state index in [0.29, 0.717) is 0 Å². The van der Waals surface area contributed by atoms with Crippen LogP contribution in [0.5, 0.6) is 0 Å². The Hall–Kier alpha value is -1.20. The normalized spacial score (nSPS) is 26.7. The van der Waals surface area contributed by atoms with Crippen molar-refractivity contribution >= 4 is 34.5 Å². The van der Waals surface area contributed by atoms with Gasteiger partial charge in [-0.1, -0.05) is 0 Å². The van der Waals surface area contributed by atoms with E-state index >= 15 is 0 Å². The molecule has 4 atom stereocenters. The van der Waals surface area contributed by atoms with Crippen LogP contribution < -0.4 is 17.0 Å². The smallest absolute Gasteiger partial charge is 0.380 e. The van der Waals surface area contributed by atoms with Crippen molar-refractivity contribution in [3.05, 3.63) is 32.6 Å². The van der Waals surface area contributed by atoms with Crippen molar-refractivity contribution in [3.63, 3.8) is 0 Å². The fourth-order valence-electron chi connectivity index (χ4n) is 2.29. The van der Waals surface area contributed by atoms with E-state index in [4.69, 9.17) is 33.0 Å². The number of nitrogens with one attached hydrogen (secondary N) is 1. The summed E-state index contributed by atoms with van der Waals surface area (Å²) in [5, 5.41) is 20.0. The first-order chi connectivity index (χ1) is 11.5. The molecule has 0 bridgehead atoms. The predicted molar refractivity (Wildman–Crippen MR) is 85.4 cm³/mol. The maximum atomic E-state index is 11.9. The van der Waals surface area contributed by atoms with E-state index in [-0.39, 0.29) is 5.56 Å². The number of nitrogens with zero attached hydrogens (tertiary/aromatic N) is 1. The quantitative estimate of drug-likeness (QED) is 0.416. The Morgan fingerprint density at radius 2 is 2.04 bits per heavy atom. The number of amides is 1. The molecule has 1 saturated heterocycles. The number of primary amides is 1. The number of rotatable bonds is 6. The summed E-state index contributed by atoms with van der Waals surface area (Å²) in [6, 6.07) is 0. The zero-order chi connectivity index (χ0) is 18.9. The average Bonchev–Trinajstić information content (AvgIpc) is 2.75. The highest BCUT2D eigenvalue weighted by atomic mass is 35.9. The van der Waals surface area contributed by atoms with Crippen molar-refractivity contribution in [2.75, 3.05) is 6.61 Å². The van der Waals surface area contributed by atoms with Crippen LogP contribution in [0.3, 0.4) is 0 Å². The van der Waals surface area contributed by atoms with Gasteiger partial charge in [-0.3, -0.25) is 23.7 Å². The third kappa shape index (κ3) is 4.91. The van der Waals surface area contributed by atoms with Crippen LogP contribution in [0, 0.1) is 0 Å². The van der Waals surface area contributed by atoms with E-state index in [1.807, 2.05) is 4.98 Å². The van der Waals surface area contributed by atoms with Crippen LogP contribution in [-0.4, -0.2) is 50.6 Å². The lowest BCUT2D eigenvalue weighted by Crippen LogP contribution is -2.39. The highest BCUT2D eigenvalue weighted by Crippen LogP contribution is 2.57. The summed E-state index contributed by atoms with van der Waals surface area (Å²) in [6.07, 6.45) is -9.09. The Bertz CT molecular complexity index is 820. The third-order valence-electron chi connectivity index (χ3n) is 3.41. The summed E-state index contributed by atoms with van der Waals surface area (Å²) in [7, 11) is 0. The highest BCUT2D eigenvalue weighted by molar-refractivity contribution is 8.05. The summed E-state index contributed by atoms with van der Waals surface area (Å²) in [6.45, 7) is -0.523. The molecule has 0 spiro atoms. The number of aliphatic hydroxyl groups is 2. The molecule has 11 nitrogen and oxygen atoms in total. The number of aromatic nitrogens is 2. The topological polar surface area (TPSA) is 174 Å². The number of carbonyl (C=O) groups is 1. The molecule has 0 aromatic carbocycles. The second-order valence-electron chi connectivity index (χ2n) is 5.22. The molecule has 1 aromatic rings. The second kappa shape index (κ2) is 7.58. The van der Waals surface area contributed by atoms with Crippen LogP contribution in [0.4, 0.5) is 0 Å². The molecule has 1 aliphatic heterocycles. The first kappa shape index (κ1) is 20.1. The number of hydrogen-bond acceptors (Lipinski definition) is 8. The Morgan fingerprint density at radius 1 is 1.40 bits per heavy atom. The number of carbonyl (C=O) groups excluding carboxylic acids is 1. The fourth-order valence-corrected chi connectivity index (χ4v) is 2.95. The summed E-state index contributed by atoms with van der Waals surface area (Å²) in [5.74, 6) is -0.810. The minimum absolute atomic E-state index is 0.136. The van der Waals surface area contributed by atoms with Crippen LogP contribution in [-0.2, 0) is 25.0 Å². The third-order valence-corrected chi connectivity index (χ3v) is 4.44. The SMILES string of the molecule is NC(=O)Cc1cn([C@@H]2O[C@H](COP(=O)(Cl)Cl)C(O)C2O)c(=O)[nH]c1=O. The van der Waals surface area contributed by atoms with Crippen LogP contribution >= 0.6 is 28.6 Å². The number of aromatic amines is 1. The number of H-pyrrole nitrogens is 1. The molecule has 1 aromatic heterocycles. The maximum absolute atomic E-state index is 11.9. The molecule has 0 saturated carbocycles. The van der Waals surface area contributed by atoms with Gasteiger partial charge in [-0.05, 0) is 22.5 Å². The molecule has 1 amide bonds. The number of nitrogens with two attached hydrogens (primary N) is 1. The molecule has 1 fully saturated rings. The molecule has 0 radical (unpaired) electrons. The van der Waals surface area contributed by atoms with Crippen LogP contribution in [0.25, 0.3) is 0 Å². The largest absolute Gasteiger partial charge is 0.387 e. The van der Waals surface area contributed by atoms with Gasteiger partial charge in [0.2, 0.25) is 5.91 Å². The Morgan fingerprint density at radius 3 is 2.60 bits per heavy atom. The van der Waals surface area contributed by atoms with Crippen LogP contribution in [0.1, 0.15) is 11.8 Å². The van der Waals surface area contributed by atoms with Crippen molar-refractivity contribution in [2.45, 2.75) is 31.0 Å². The van der Waals surface area contributed by atoms with Gasteiger partial charge in [-0.15, -0.1) is 0 Å². The molecular weight excluding hydrogens is 404 g/mol. The lowest BCUT2D eigenvalue weighted by molar-refractivity contribution is -0.117.